The zero-order valence-electron chi connectivity index (χ0n) is 9.58. The summed E-state index contributed by atoms with van der Waals surface area (Å²) in [4.78, 5) is 3.95. The smallest absolute Gasteiger partial charge is 0.390 e. The van der Waals surface area contributed by atoms with E-state index in [9.17, 15) is 13.2 Å². The number of benzene rings is 1. The van der Waals surface area contributed by atoms with Crippen LogP contribution in [0.25, 0.3) is 11.3 Å². The molecule has 0 saturated carbocycles. The van der Waals surface area contributed by atoms with Crippen molar-refractivity contribution in [2.24, 2.45) is 0 Å². The number of halogens is 4. The van der Waals surface area contributed by atoms with Gasteiger partial charge in [-0.1, -0.05) is 29.8 Å². The van der Waals surface area contributed by atoms with Gasteiger partial charge in [0.1, 0.15) is 0 Å². The molecule has 0 aliphatic heterocycles. The van der Waals surface area contributed by atoms with Crippen molar-refractivity contribution in [1.82, 2.24) is 4.98 Å². The van der Waals surface area contributed by atoms with Crippen molar-refractivity contribution in [1.29, 1.82) is 0 Å². The van der Waals surface area contributed by atoms with Crippen LogP contribution in [0.15, 0.2) is 36.4 Å². The first-order chi connectivity index (χ1) is 8.93. The number of hydrogen-bond acceptors (Lipinski definition) is 2. The van der Waals surface area contributed by atoms with Crippen molar-refractivity contribution >= 4 is 11.6 Å². The summed E-state index contributed by atoms with van der Waals surface area (Å²) >= 11 is 5.90. The van der Waals surface area contributed by atoms with Gasteiger partial charge in [0.25, 0.3) is 0 Å². The third-order valence-corrected chi connectivity index (χ3v) is 2.86. The van der Waals surface area contributed by atoms with Crippen LogP contribution in [0.2, 0.25) is 5.02 Å². The van der Waals surface area contributed by atoms with Crippen LogP contribution in [0.4, 0.5) is 13.2 Å². The van der Waals surface area contributed by atoms with E-state index in [1.54, 1.807) is 0 Å². The van der Waals surface area contributed by atoms with E-state index >= 15 is 0 Å². The third kappa shape index (κ3) is 2.88. The average molecular weight is 288 g/mol. The predicted molar refractivity (Wildman–Crippen MR) is 65.6 cm³/mol. The van der Waals surface area contributed by atoms with Crippen LogP contribution >= 0.6 is 11.6 Å². The molecule has 19 heavy (non-hydrogen) atoms. The molecule has 0 unspecified atom stereocenters. The van der Waals surface area contributed by atoms with E-state index < -0.39 is 11.7 Å². The highest BCUT2D eigenvalue weighted by molar-refractivity contribution is 6.33. The molecule has 0 bridgehead atoms. The fourth-order valence-electron chi connectivity index (χ4n) is 1.70. The van der Waals surface area contributed by atoms with Gasteiger partial charge >= 0.3 is 6.18 Å². The van der Waals surface area contributed by atoms with Crippen LogP contribution in [0.5, 0.6) is 0 Å². The molecule has 1 aromatic heterocycles. The number of alkyl halides is 3. The molecule has 2 aromatic rings. The van der Waals surface area contributed by atoms with Gasteiger partial charge in [-0.25, -0.2) is 4.98 Å². The molecule has 2 nitrogen and oxygen atoms in total. The number of aliphatic hydroxyl groups excluding tert-OH is 1. The predicted octanol–water partition coefficient (Wildman–Crippen LogP) is 3.91. The topological polar surface area (TPSA) is 33.1 Å². The highest BCUT2D eigenvalue weighted by Gasteiger charge is 2.34. The summed E-state index contributed by atoms with van der Waals surface area (Å²) in [6.45, 7) is -0.363. The summed E-state index contributed by atoms with van der Waals surface area (Å²) < 4.78 is 38.8. The SMILES string of the molecule is OCc1ccc(Cl)c(-c2ccccc2C(F)(F)F)n1. The molecule has 0 fully saturated rings. The summed E-state index contributed by atoms with van der Waals surface area (Å²) in [6.07, 6.45) is -4.49. The van der Waals surface area contributed by atoms with E-state index in [1.807, 2.05) is 0 Å². The van der Waals surface area contributed by atoms with Crippen LogP contribution < -0.4 is 0 Å². The second kappa shape index (κ2) is 5.19. The number of hydrogen-bond donors (Lipinski definition) is 1. The van der Waals surface area contributed by atoms with Crippen molar-refractivity contribution in [2.45, 2.75) is 12.8 Å². The van der Waals surface area contributed by atoms with Gasteiger partial charge in [-0.3, -0.25) is 0 Å². The summed E-state index contributed by atoms with van der Waals surface area (Å²) in [5, 5.41) is 9.11. The Labute approximate surface area is 112 Å². The van der Waals surface area contributed by atoms with Crippen molar-refractivity contribution in [3.05, 3.63) is 52.7 Å². The van der Waals surface area contributed by atoms with Crippen molar-refractivity contribution < 1.29 is 18.3 Å². The summed E-state index contributed by atoms with van der Waals surface area (Å²) in [5.74, 6) is 0. The molecule has 0 saturated heterocycles. The minimum atomic E-state index is -4.49. The molecule has 0 spiro atoms. The molecule has 2 rings (SSSR count). The molecule has 0 radical (unpaired) electrons. The fraction of sp³-hybridized carbons (Fsp3) is 0.154. The zero-order valence-corrected chi connectivity index (χ0v) is 10.3. The third-order valence-electron chi connectivity index (χ3n) is 2.55. The number of aliphatic hydroxyl groups is 1. The zero-order chi connectivity index (χ0) is 14.0. The number of pyridine rings is 1. The second-order valence-electron chi connectivity index (χ2n) is 3.83. The van der Waals surface area contributed by atoms with E-state index in [0.29, 0.717) is 0 Å². The van der Waals surface area contributed by atoms with Gasteiger partial charge in [0.15, 0.2) is 0 Å². The van der Waals surface area contributed by atoms with E-state index in [0.717, 1.165) is 6.07 Å². The monoisotopic (exact) mass is 287 g/mol. The summed E-state index contributed by atoms with van der Waals surface area (Å²) in [7, 11) is 0. The van der Waals surface area contributed by atoms with Crippen LogP contribution in [-0.2, 0) is 12.8 Å². The summed E-state index contributed by atoms with van der Waals surface area (Å²) in [5.41, 5.74) is -0.632. The average Bonchev–Trinajstić information content (AvgIpc) is 2.38. The highest BCUT2D eigenvalue weighted by Crippen LogP contribution is 2.38. The standard InChI is InChI=1S/C13H9ClF3NO/c14-11-6-5-8(7-19)18-12(11)9-3-1-2-4-10(9)13(15,16)17/h1-6,19H,7H2. The lowest BCUT2D eigenvalue weighted by Crippen LogP contribution is -2.08. The molecular weight excluding hydrogens is 279 g/mol. The Morgan fingerprint density at radius 3 is 2.42 bits per heavy atom. The first kappa shape index (κ1) is 13.8. The Bertz CT molecular complexity index is 599. The molecule has 1 N–H and O–H groups in total. The Hall–Kier alpha value is -1.59. The second-order valence-corrected chi connectivity index (χ2v) is 4.24. The van der Waals surface area contributed by atoms with Crippen molar-refractivity contribution in [3.8, 4) is 11.3 Å². The quantitative estimate of drug-likeness (QED) is 0.908. The molecule has 0 aliphatic rings. The van der Waals surface area contributed by atoms with Gasteiger partial charge in [-0.05, 0) is 18.2 Å². The highest BCUT2D eigenvalue weighted by atomic mass is 35.5. The van der Waals surface area contributed by atoms with Gasteiger partial charge < -0.3 is 5.11 Å². The molecule has 100 valence electrons. The maximum atomic E-state index is 12.9. The molecule has 0 aliphatic carbocycles. The lowest BCUT2D eigenvalue weighted by molar-refractivity contribution is -0.137. The van der Waals surface area contributed by atoms with Crippen LogP contribution in [0, 0.1) is 0 Å². The van der Waals surface area contributed by atoms with Crippen molar-refractivity contribution in [2.75, 3.05) is 0 Å². The van der Waals surface area contributed by atoms with E-state index in [1.165, 1.54) is 30.3 Å². The van der Waals surface area contributed by atoms with E-state index in [4.69, 9.17) is 16.7 Å². The minimum Gasteiger partial charge on any atom is -0.390 e. The molecule has 6 heteroatoms. The summed E-state index contributed by atoms with van der Waals surface area (Å²) in [6, 6.07) is 7.94. The lowest BCUT2D eigenvalue weighted by Gasteiger charge is -2.13. The Morgan fingerprint density at radius 1 is 1.11 bits per heavy atom. The van der Waals surface area contributed by atoms with Gasteiger partial charge in [0, 0.05) is 5.56 Å². The Kier molecular flexibility index (Phi) is 3.78. The Morgan fingerprint density at radius 2 is 1.79 bits per heavy atom. The van der Waals surface area contributed by atoms with Crippen LogP contribution in [0.3, 0.4) is 0 Å². The van der Waals surface area contributed by atoms with E-state index in [2.05, 4.69) is 4.98 Å². The normalized spacial score (nSPS) is 11.6. The molecule has 1 aromatic carbocycles. The first-order valence-corrected chi connectivity index (χ1v) is 5.74. The Balaban J connectivity index is 2.65. The van der Waals surface area contributed by atoms with Gasteiger partial charge in [0.2, 0.25) is 0 Å². The van der Waals surface area contributed by atoms with Crippen LogP contribution in [0.1, 0.15) is 11.3 Å². The number of rotatable bonds is 2. The minimum absolute atomic E-state index is 0.0149. The first-order valence-electron chi connectivity index (χ1n) is 5.36. The molecule has 0 atom stereocenters. The maximum absolute atomic E-state index is 12.9. The van der Waals surface area contributed by atoms with E-state index in [-0.39, 0.29) is 28.6 Å². The van der Waals surface area contributed by atoms with Gasteiger partial charge in [-0.2, -0.15) is 13.2 Å². The lowest BCUT2D eigenvalue weighted by atomic mass is 10.0. The molecule has 1 heterocycles. The van der Waals surface area contributed by atoms with Crippen molar-refractivity contribution in [3.63, 3.8) is 0 Å². The number of aromatic nitrogens is 1. The fourth-order valence-corrected chi connectivity index (χ4v) is 1.90. The van der Waals surface area contributed by atoms with Gasteiger partial charge in [0.05, 0.1) is 28.6 Å². The van der Waals surface area contributed by atoms with Gasteiger partial charge in [-0.15, -0.1) is 0 Å². The molecule has 0 amide bonds. The number of nitrogens with zero attached hydrogens (tertiary/aromatic N) is 1. The van der Waals surface area contributed by atoms with Crippen LogP contribution in [-0.4, -0.2) is 10.1 Å². The maximum Gasteiger partial charge on any atom is 0.417 e. The largest absolute Gasteiger partial charge is 0.417 e. The molecular formula is C13H9ClF3NO.